The number of rotatable bonds is 3. The highest BCUT2D eigenvalue weighted by Crippen LogP contribution is 2.57. The van der Waals surface area contributed by atoms with Crippen LogP contribution in [-0.4, -0.2) is 17.0 Å². The number of aliphatic hydroxyl groups excluding tert-OH is 1. The highest BCUT2D eigenvalue weighted by molar-refractivity contribution is 6.02. The average Bonchev–Trinajstić information content (AvgIpc) is 2.95. The van der Waals surface area contributed by atoms with Crippen molar-refractivity contribution in [3.8, 4) is 0 Å². The second-order valence-electron chi connectivity index (χ2n) is 8.33. The molecule has 23 heavy (non-hydrogen) atoms. The molecule has 0 aliphatic heterocycles. The predicted octanol–water partition coefficient (Wildman–Crippen LogP) is 4.30. The summed E-state index contributed by atoms with van der Waals surface area (Å²) in [6, 6.07) is 1.90. The van der Waals surface area contributed by atoms with Crippen LogP contribution in [0.1, 0.15) is 58.9 Å². The number of carbonyl (C=O) groups is 1. The van der Waals surface area contributed by atoms with Crippen molar-refractivity contribution in [3.05, 3.63) is 35.3 Å². The van der Waals surface area contributed by atoms with E-state index in [2.05, 4.69) is 20.8 Å². The quantitative estimate of drug-likeness (QED) is 0.904. The second-order valence-corrected chi connectivity index (χ2v) is 8.33. The van der Waals surface area contributed by atoms with E-state index in [0.29, 0.717) is 12.3 Å². The number of allylic oxidation sites excluding steroid dienone is 1. The van der Waals surface area contributed by atoms with Gasteiger partial charge in [-0.25, -0.2) is 0 Å². The molecular formula is C20H28O3. The minimum Gasteiger partial charge on any atom is -0.472 e. The first kappa shape index (κ1) is 16.5. The van der Waals surface area contributed by atoms with Gasteiger partial charge >= 0.3 is 0 Å². The zero-order valence-corrected chi connectivity index (χ0v) is 14.7. The molecule has 3 heteroatoms. The van der Waals surface area contributed by atoms with Crippen LogP contribution in [0.4, 0.5) is 0 Å². The van der Waals surface area contributed by atoms with Crippen molar-refractivity contribution in [3.63, 3.8) is 0 Å². The van der Waals surface area contributed by atoms with Gasteiger partial charge in [-0.15, -0.1) is 0 Å². The first-order chi connectivity index (χ1) is 10.8. The Kier molecular flexibility index (Phi) is 4.04. The molecule has 0 aromatic carbocycles. The number of hydrogen-bond acceptors (Lipinski definition) is 3. The fourth-order valence-electron chi connectivity index (χ4n) is 4.94. The van der Waals surface area contributed by atoms with Crippen LogP contribution in [0.15, 0.2) is 34.2 Å². The lowest BCUT2D eigenvalue weighted by Crippen LogP contribution is -2.51. The fraction of sp³-hybridized carbons (Fsp3) is 0.650. The van der Waals surface area contributed by atoms with Gasteiger partial charge in [0.05, 0.1) is 18.6 Å². The Bertz CT molecular complexity index is 621. The molecule has 1 N–H and O–H groups in total. The van der Waals surface area contributed by atoms with E-state index >= 15 is 0 Å². The van der Waals surface area contributed by atoms with Crippen LogP contribution in [0.5, 0.6) is 0 Å². The third-order valence-corrected chi connectivity index (χ3v) is 6.30. The van der Waals surface area contributed by atoms with Gasteiger partial charge in [0.15, 0.2) is 5.78 Å². The minimum absolute atomic E-state index is 0.143. The van der Waals surface area contributed by atoms with Crippen molar-refractivity contribution in [2.45, 2.75) is 65.9 Å². The number of Topliss-reactive ketones (excluding diaryl/α,β-unsaturated/α-hetero) is 1. The maximum atomic E-state index is 13.4. The summed E-state index contributed by atoms with van der Waals surface area (Å²) in [5, 5.41) is 10.3. The third kappa shape index (κ3) is 2.69. The van der Waals surface area contributed by atoms with E-state index in [1.807, 2.05) is 6.07 Å². The highest BCUT2D eigenvalue weighted by atomic mass is 16.3. The van der Waals surface area contributed by atoms with Gasteiger partial charge in [0, 0.05) is 17.4 Å². The molecule has 1 saturated carbocycles. The summed E-state index contributed by atoms with van der Waals surface area (Å²) in [4.78, 5) is 13.4. The van der Waals surface area contributed by atoms with E-state index in [1.165, 1.54) is 0 Å². The molecule has 3 rings (SSSR count). The van der Waals surface area contributed by atoms with Gasteiger partial charge in [-0.1, -0.05) is 27.2 Å². The van der Waals surface area contributed by atoms with Crippen LogP contribution in [-0.2, 0) is 11.2 Å². The van der Waals surface area contributed by atoms with Gasteiger partial charge in [0.1, 0.15) is 0 Å². The molecule has 1 aromatic rings. The van der Waals surface area contributed by atoms with Gasteiger partial charge in [-0.2, -0.15) is 0 Å². The summed E-state index contributed by atoms with van der Waals surface area (Å²) in [6.07, 6.45) is 7.39. The Morgan fingerprint density at radius 1 is 1.35 bits per heavy atom. The summed E-state index contributed by atoms with van der Waals surface area (Å²) < 4.78 is 5.16. The van der Waals surface area contributed by atoms with E-state index in [4.69, 9.17) is 4.42 Å². The third-order valence-electron chi connectivity index (χ3n) is 6.30. The number of fused-ring (bicyclic) bond motifs is 1. The van der Waals surface area contributed by atoms with Crippen molar-refractivity contribution in [1.29, 1.82) is 0 Å². The molecule has 2 aliphatic carbocycles. The molecule has 1 fully saturated rings. The van der Waals surface area contributed by atoms with Crippen LogP contribution in [0.25, 0.3) is 0 Å². The van der Waals surface area contributed by atoms with Gasteiger partial charge in [-0.3, -0.25) is 4.79 Å². The normalized spacial score (nSPS) is 31.9. The standard InChI is InChI=1S/C20H28O3/c1-13(21)15-11-17-19(2,3)7-5-8-20(17,4)18(22)16(15)10-14-6-9-23-12-14/h6,9,12-13,17,21H,5,7-8,10-11H2,1-4H3. The van der Waals surface area contributed by atoms with Gasteiger partial charge in [0.25, 0.3) is 0 Å². The number of carbonyl (C=O) groups excluding carboxylic acids is 1. The average molecular weight is 316 g/mol. The topological polar surface area (TPSA) is 50.4 Å². The molecule has 1 aromatic heterocycles. The molecule has 0 bridgehead atoms. The Balaban J connectivity index is 2.06. The largest absolute Gasteiger partial charge is 0.472 e. The van der Waals surface area contributed by atoms with E-state index in [1.54, 1.807) is 19.5 Å². The summed E-state index contributed by atoms with van der Waals surface area (Å²) in [7, 11) is 0. The second kappa shape index (κ2) is 5.62. The molecule has 2 aliphatic rings. The zero-order chi connectivity index (χ0) is 16.8. The van der Waals surface area contributed by atoms with Gasteiger partial charge < -0.3 is 9.52 Å². The van der Waals surface area contributed by atoms with Crippen molar-refractivity contribution >= 4 is 5.78 Å². The molecule has 3 atom stereocenters. The van der Waals surface area contributed by atoms with Crippen LogP contribution < -0.4 is 0 Å². The summed E-state index contributed by atoms with van der Waals surface area (Å²) in [5.41, 5.74) is 2.61. The lowest BCUT2D eigenvalue weighted by Gasteiger charge is -2.53. The lowest BCUT2D eigenvalue weighted by atomic mass is 9.50. The van der Waals surface area contributed by atoms with Crippen LogP contribution in [0.2, 0.25) is 0 Å². The lowest BCUT2D eigenvalue weighted by molar-refractivity contribution is -0.136. The molecule has 3 nitrogen and oxygen atoms in total. The molecule has 3 unspecified atom stereocenters. The maximum Gasteiger partial charge on any atom is 0.165 e. The van der Waals surface area contributed by atoms with Crippen molar-refractivity contribution in [2.24, 2.45) is 16.7 Å². The Labute approximate surface area is 138 Å². The van der Waals surface area contributed by atoms with Crippen LogP contribution >= 0.6 is 0 Å². The Morgan fingerprint density at radius 3 is 2.70 bits per heavy atom. The van der Waals surface area contributed by atoms with E-state index in [0.717, 1.165) is 42.4 Å². The van der Waals surface area contributed by atoms with Crippen molar-refractivity contribution in [2.75, 3.05) is 0 Å². The Hall–Kier alpha value is -1.35. The number of aliphatic hydroxyl groups is 1. The summed E-state index contributed by atoms with van der Waals surface area (Å²) in [6.45, 7) is 8.50. The van der Waals surface area contributed by atoms with E-state index < -0.39 is 6.10 Å². The fourth-order valence-corrected chi connectivity index (χ4v) is 4.94. The number of ketones is 1. The summed E-state index contributed by atoms with van der Waals surface area (Å²) >= 11 is 0. The first-order valence-corrected chi connectivity index (χ1v) is 8.71. The zero-order valence-electron chi connectivity index (χ0n) is 14.7. The number of furan rings is 1. The van der Waals surface area contributed by atoms with Crippen LogP contribution in [0.3, 0.4) is 0 Å². The van der Waals surface area contributed by atoms with Crippen molar-refractivity contribution < 1.29 is 14.3 Å². The predicted molar refractivity (Wildman–Crippen MR) is 90.0 cm³/mol. The molecule has 0 radical (unpaired) electrons. The minimum atomic E-state index is -0.567. The maximum absolute atomic E-state index is 13.4. The van der Waals surface area contributed by atoms with E-state index in [9.17, 15) is 9.90 Å². The van der Waals surface area contributed by atoms with Gasteiger partial charge in [-0.05, 0) is 54.7 Å². The smallest absolute Gasteiger partial charge is 0.165 e. The molecule has 1 heterocycles. The molecule has 0 spiro atoms. The molecule has 0 saturated heterocycles. The summed E-state index contributed by atoms with van der Waals surface area (Å²) in [5.74, 6) is 0.563. The molecule has 126 valence electrons. The molecular weight excluding hydrogens is 288 g/mol. The Morgan fingerprint density at radius 2 is 2.09 bits per heavy atom. The highest BCUT2D eigenvalue weighted by Gasteiger charge is 2.54. The SMILES string of the molecule is CC(O)C1=C(Cc2ccoc2)C(=O)C2(C)CCCC(C)(C)C2C1. The molecule has 0 amide bonds. The monoisotopic (exact) mass is 316 g/mol. The number of hydrogen-bond donors (Lipinski definition) is 1. The van der Waals surface area contributed by atoms with Gasteiger partial charge in [0.2, 0.25) is 0 Å². The first-order valence-electron chi connectivity index (χ1n) is 8.71. The van der Waals surface area contributed by atoms with E-state index in [-0.39, 0.29) is 16.6 Å². The van der Waals surface area contributed by atoms with Crippen molar-refractivity contribution in [1.82, 2.24) is 0 Å². The van der Waals surface area contributed by atoms with Crippen LogP contribution in [0, 0.1) is 16.7 Å².